The highest BCUT2D eigenvalue weighted by Crippen LogP contribution is 2.40. The zero-order valence-electron chi connectivity index (χ0n) is 25.6. The van der Waals surface area contributed by atoms with E-state index >= 15 is 0 Å². The quantitative estimate of drug-likeness (QED) is 0.132. The Morgan fingerprint density at radius 2 is 1.71 bits per heavy atom. The van der Waals surface area contributed by atoms with Crippen LogP contribution >= 0.6 is 34.8 Å². The van der Waals surface area contributed by atoms with Crippen molar-refractivity contribution in [2.24, 2.45) is 0 Å². The van der Waals surface area contributed by atoms with Gasteiger partial charge in [-0.2, -0.15) is 0 Å². The molecule has 1 saturated heterocycles. The van der Waals surface area contributed by atoms with Crippen LogP contribution in [0.25, 0.3) is 33.4 Å². The number of imidazole rings is 1. The largest absolute Gasteiger partial charge is 0.356 e. The minimum absolute atomic E-state index is 0.118. The second-order valence-electron chi connectivity index (χ2n) is 11.6. The van der Waals surface area contributed by atoms with E-state index in [1.165, 1.54) is 0 Å². The SMILES string of the molecule is O=CNC1CCN(c2ncccc2NC(=O)c2[nH]c3cc(Cl)ccc3c2-c2c(-c3ccccc3)ncn2Cc2ccc(Cl)cc2Cl)CC1. The molecule has 0 saturated carbocycles. The average molecular weight is 699 g/mol. The van der Waals surface area contributed by atoms with Crippen molar-refractivity contribution in [3.05, 3.63) is 118 Å². The van der Waals surface area contributed by atoms with Gasteiger partial charge in [0.15, 0.2) is 5.82 Å². The van der Waals surface area contributed by atoms with Crippen LogP contribution in [0, 0.1) is 0 Å². The number of rotatable bonds is 9. The van der Waals surface area contributed by atoms with Gasteiger partial charge < -0.3 is 25.1 Å². The molecule has 3 aromatic carbocycles. The fourth-order valence-corrected chi connectivity index (χ4v) is 6.92. The molecule has 242 valence electrons. The first-order valence-electron chi connectivity index (χ1n) is 15.5. The van der Waals surface area contributed by atoms with Gasteiger partial charge in [-0.3, -0.25) is 9.59 Å². The van der Waals surface area contributed by atoms with Crippen LogP contribution in [0.4, 0.5) is 11.5 Å². The summed E-state index contributed by atoms with van der Waals surface area (Å²) >= 11 is 19.3. The van der Waals surface area contributed by atoms with Gasteiger partial charge in [-0.25, -0.2) is 9.97 Å². The Morgan fingerprint density at radius 3 is 2.48 bits per heavy atom. The Morgan fingerprint density at radius 1 is 0.938 bits per heavy atom. The summed E-state index contributed by atoms with van der Waals surface area (Å²) in [7, 11) is 0. The molecule has 6 aromatic rings. The molecular weight excluding hydrogens is 669 g/mol. The van der Waals surface area contributed by atoms with Gasteiger partial charge in [0.1, 0.15) is 5.69 Å². The molecule has 1 fully saturated rings. The predicted molar refractivity (Wildman–Crippen MR) is 192 cm³/mol. The second kappa shape index (κ2) is 13.7. The second-order valence-corrected chi connectivity index (χ2v) is 12.9. The van der Waals surface area contributed by atoms with E-state index in [-0.39, 0.29) is 11.9 Å². The predicted octanol–water partition coefficient (Wildman–Crippen LogP) is 8.07. The van der Waals surface area contributed by atoms with Gasteiger partial charge in [0, 0.05) is 62.4 Å². The van der Waals surface area contributed by atoms with Gasteiger partial charge in [0.05, 0.1) is 29.9 Å². The molecule has 48 heavy (non-hydrogen) atoms. The van der Waals surface area contributed by atoms with E-state index in [0.717, 1.165) is 41.5 Å². The highest BCUT2D eigenvalue weighted by molar-refractivity contribution is 6.35. The van der Waals surface area contributed by atoms with E-state index in [0.29, 0.717) is 68.7 Å². The van der Waals surface area contributed by atoms with Crippen molar-refractivity contribution < 1.29 is 9.59 Å². The lowest BCUT2D eigenvalue weighted by atomic mass is 10.0. The third-order valence-electron chi connectivity index (χ3n) is 8.60. The molecule has 1 aliphatic heterocycles. The van der Waals surface area contributed by atoms with Gasteiger partial charge in [-0.05, 0) is 54.8 Å². The first-order valence-corrected chi connectivity index (χ1v) is 16.6. The first kappa shape index (κ1) is 31.8. The number of amides is 2. The van der Waals surface area contributed by atoms with Crippen LogP contribution in [0.5, 0.6) is 0 Å². The van der Waals surface area contributed by atoms with Crippen LogP contribution < -0.4 is 15.5 Å². The molecule has 0 aliphatic carbocycles. The van der Waals surface area contributed by atoms with E-state index in [1.807, 2.05) is 65.2 Å². The fourth-order valence-electron chi connectivity index (χ4n) is 6.28. The molecule has 4 heterocycles. The molecule has 3 N–H and O–H groups in total. The van der Waals surface area contributed by atoms with Crippen LogP contribution in [0.15, 0.2) is 91.4 Å². The lowest BCUT2D eigenvalue weighted by molar-refractivity contribution is -0.110. The first-order chi connectivity index (χ1) is 23.4. The number of nitrogens with one attached hydrogen (secondary N) is 3. The van der Waals surface area contributed by atoms with Gasteiger partial charge in [0.25, 0.3) is 5.91 Å². The number of carbonyl (C=O) groups excluding carboxylic acids is 2. The van der Waals surface area contributed by atoms with Crippen molar-refractivity contribution in [1.29, 1.82) is 0 Å². The number of pyridine rings is 1. The number of anilines is 2. The van der Waals surface area contributed by atoms with Crippen LogP contribution in [0.3, 0.4) is 0 Å². The van der Waals surface area contributed by atoms with Gasteiger partial charge >= 0.3 is 0 Å². The average Bonchev–Trinajstić information content (AvgIpc) is 3.68. The molecule has 0 bridgehead atoms. The summed E-state index contributed by atoms with van der Waals surface area (Å²) in [4.78, 5) is 40.4. The molecule has 12 heteroatoms. The molecule has 9 nitrogen and oxygen atoms in total. The van der Waals surface area contributed by atoms with E-state index in [2.05, 4.69) is 25.5 Å². The van der Waals surface area contributed by atoms with Crippen molar-refractivity contribution in [2.45, 2.75) is 25.4 Å². The lowest BCUT2D eigenvalue weighted by Gasteiger charge is -2.33. The summed E-state index contributed by atoms with van der Waals surface area (Å²) in [5.74, 6) is 0.323. The van der Waals surface area contributed by atoms with Crippen molar-refractivity contribution in [3.8, 4) is 22.5 Å². The molecule has 0 unspecified atom stereocenters. The number of hydrogen-bond acceptors (Lipinski definition) is 5. The maximum absolute atomic E-state index is 14.4. The Hall–Kier alpha value is -4.83. The van der Waals surface area contributed by atoms with Crippen molar-refractivity contribution in [2.75, 3.05) is 23.3 Å². The Balaban J connectivity index is 1.34. The number of H-pyrrole nitrogens is 1. The number of piperidine rings is 1. The fraction of sp³-hybridized carbons (Fsp3) is 0.167. The number of benzene rings is 3. The Bertz CT molecular complexity index is 2120. The maximum atomic E-state index is 14.4. The monoisotopic (exact) mass is 697 g/mol. The number of aromatic nitrogens is 4. The number of fused-ring (bicyclic) bond motifs is 1. The van der Waals surface area contributed by atoms with E-state index in [9.17, 15) is 9.59 Å². The molecule has 2 amide bonds. The van der Waals surface area contributed by atoms with E-state index < -0.39 is 0 Å². The highest BCUT2D eigenvalue weighted by atomic mass is 35.5. The summed E-state index contributed by atoms with van der Waals surface area (Å²) in [6, 6.07) is 24.5. The summed E-state index contributed by atoms with van der Waals surface area (Å²) in [5.41, 5.74) is 5.49. The Labute approximate surface area is 291 Å². The van der Waals surface area contributed by atoms with Gasteiger partial charge in [-0.15, -0.1) is 0 Å². The molecule has 7 rings (SSSR count). The molecule has 0 atom stereocenters. The minimum atomic E-state index is -0.347. The van der Waals surface area contributed by atoms with Crippen molar-refractivity contribution in [3.63, 3.8) is 0 Å². The van der Waals surface area contributed by atoms with Crippen LogP contribution in [-0.4, -0.2) is 51.0 Å². The van der Waals surface area contributed by atoms with E-state index in [4.69, 9.17) is 39.8 Å². The number of hydrogen-bond donors (Lipinski definition) is 3. The molecule has 1 aliphatic rings. The summed E-state index contributed by atoms with van der Waals surface area (Å²) in [5, 5.41) is 8.43. The van der Waals surface area contributed by atoms with Gasteiger partial charge in [0.2, 0.25) is 6.41 Å². The summed E-state index contributed by atoms with van der Waals surface area (Å²) in [6.45, 7) is 1.76. The van der Waals surface area contributed by atoms with Gasteiger partial charge in [-0.1, -0.05) is 77.3 Å². The summed E-state index contributed by atoms with van der Waals surface area (Å²) < 4.78 is 2.00. The standard InChI is InChI=1S/C36H30Cl3N7O2/c37-24-9-8-23(28(39)17-24)19-46-20-41-32(22-5-2-1-3-6-22)34(46)31-27-11-10-25(38)18-30(27)43-33(31)36(48)44-29-7-4-14-40-35(29)45-15-12-26(13-16-45)42-21-47/h1-11,14,17-18,20-21,26,43H,12-13,15-16,19H2,(H,42,47)(H,44,48). The molecule has 0 spiro atoms. The number of nitrogens with zero attached hydrogens (tertiary/aromatic N) is 4. The minimum Gasteiger partial charge on any atom is -0.356 e. The zero-order valence-corrected chi connectivity index (χ0v) is 27.9. The zero-order chi connectivity index (χ0) is 33.2. The molecular formula is C36H30Cl3N7O2. The number of aromatic amines is 1. The highest BCUT2D eigenvalue weighted by Gasteiger charge is 2.28. The Kier molecular flexibility index (Phi) is 9.08. The van der Waals surface area contributed by atoms with Crippen molar-refractivity contribution in [1.82, 2.24) is 24.8 Å². The maximum Gasteiger partial charge on any atom is 0.272 e. The topological polar surface area (TPSA) is 108 Å². The lowest BCUT2D eigenvalue weighted by Crippen LogP contribution is -2.42. The third kappa shape index (κ3) is 6.36. The third-order valence-corrected chi connectivity index (χ3v) is 9.42. The van der Waals surface area contributed by atoms with Crippen LogP contribution in [-0.2, 0) is 11.3 Å². The molecule has 0 radical (unpaired) electrons. The smallest absolute Gasteiger partial charge is 0.272 e. The van der Waals surface area contributed by atoms with Crippen LogP contribution in [0.2, 0.25) is 15.1 Å². The number of halogens is 3. The van der Waals surface area contributed by atoms with Crippen LogP contribution in [0.1, 0.15) is 28.9 Å². The summed E-state index contributed by atoms with van der Waals surface area (Å²) in [6.07, 6.45) is 5.78. The van der Waals surface area contributed by atoms with E-state index in [1.54, 1.807) is 30.7 Å². The normalized spacial score (nSPS) is 13.5. The molecule has 3 aromatic heterocycles. The van der Waals surface area contributed by atoms with Crippen molar-refractivity contribution >= 4 is 69.5 Å². The number of carbonyl (C=O) groups is 2.